The molecule has 0 radical (unpaired) electrons. The maximum absolute atomic E-state index is 12.1. The second-order valence-electron chi connectivity index (χ2n) is 6.39. The number of ether oxygens (including phenoxy) is 1. The second kappa shape index (κ2) is 8.26. The van der Waals surface area contributed by atoms with Gasteiger partial charge in [0, 0.05) is 34.8 Å². The van der Waals surface area contributed by atoms with Crippen LogP contribution in [-0.2, 0) is 26.0 Å². The zero-order valence-corrected chi connectivity index (χ0v) is 16.1. The Morgan fingerprint density at radius 3 is 2.50 bits per heavy atom. The number of fused-ring (bicyclic) bond motifs is 1. The van der Waals surface area contributed by atoms with Gasteiger partial charge in [0.25, 0.3) is 0 Å². The van der Waals surface area contributed by atoms with Crippen molar-refractivity contribution in [2.24, 2.45) is 0 Å². The summed E-state index contributed by atoms with van der Waals surface area (Å²) in [6, 6.07) is 13.7. The molecule has 3 rings (SSSR count). The maximum atomic E-state index is 12.1. The molecule has 1 aromatic heterocycles. The van der Waals surface area contributed by atoms with Gasteiger partial charge in [-0.1, -0.05) is 18.2 Å². The summed E-state index contributed by atoms with van der Waals surface area (Å²) < 4.78 is 29.7. The predicted molar refractivity (Wildman–Crippen MR) is 107 cm³/mol. The molecule has 8 heteroatoms. The molecule has 0 aliphatic carbocycles. The predicted octanol–water partition coefficient (Wildman–Crippen LogP) is 2.90. The van der Waals surface area contributed by atoms with Crippen LogP contribution in [0, 0.1) is 0 Å². The van der Waals surface area contributed by atoms with Gasteiger partial charge in [-0.15, -0.1) is 0 Å². The van der Waals surface area contributed by atoms with Gasteiger partial charge in [0.05, 0.1) is 6.26 Å². The highest BCUT2D eigenvalue weighted by atomic mass is 32.2. The van der Waals surface area contributed by atoms with Crippen LogP contribution in [0.5, 0.6) is 0 Å². The molecule has 0 fully saturated rings. The number of sulfonamides is 1. The van der Waals surface area contributed by atoms with E-state index < -0.39 is 16.0 Å². The Hall–Kier alpha value is -3.13. The number of nitrogens with one attached hydrogen (secondary N) is 2. The van der Waals surface area contributed by atoms with E-state index in [0.29, 0.717) is 17.7 Å². The molecule has 0 unspecified atom stereocenters. The lowest BCUT2D eigenvalue weighted by atomic mass is 10.1. The van der Waals surface area contributed by atoms with Crippen molar-refractivity contribution in [1.29, 1.82) is 0 Å². The van der Waals surface area contributed by atoms with Crippen LogP contribution in [0.25, 0.3) is 10.9 Å². The van der Waals surface area contributed by atoms with Gasteiger partial charge in [0.15, 0.2) is 12.4 Å². The number of para-hydroxylation sites is 1. The van der Waals surface area contributed by atoms with Crippen LogP contribution in [0.2, 0.25) is 0 Å². The van der Waals surface area contributed by atoms with Gasteiger partial charge in [0.1, 0.15) is 0 Å². The molecular formula is C20H20N2O5S. The van der Waals surface area contributed by atoms with E-state index >= 15 is 0 Å². The monoisotopic (exact) mass is 400 g/mol. The van der Waals surface area contributed by atoms with Crippen molar-refractivity contribution < 1.29 is 22.7 Å². The molecule has 2 N–H and O–H groups in total. The number of aromatic amines is 1. The van der Waals surface area contributed by atoms with Gasteiger partial charge in [-0.3, -0.25) is 14.3 Å². The highest BCUT2D eigenvalue weighted by molar-refractivity contribution is 7.92. The van der Waals surface area contributed by atoms with Crippen LogP contribution in [-0.4, -0.2) is 38.0 Å². The van der Waals surface area contributed by atoms with E-state index in [2.05, 4.69) is 9.71 Å². The fraction of sp³-hybridized carbons (Fsp3) is 0.200. The number of ketones is 1. The van der Waals surface area contributed by atoms with E-state index in [4.69, 9.17) is 4.74 Å². The molecule has 28 heavy (non-hydrogen) atoms. The number of esters is 1. The van der Waals surface area contributed by atoms with E-state index in [1.54, 1.807) is 0 Å². The summed E-state index contributed by atoms with van der Waals surface area (Å²) >= 11 is 0. The Morgan fingerprint density at radius 1 is 1.07 bits per heavy atom. The van der Waals surface area contributed by atoms with Crippen molar-refractivity contribution in [2.75, 3.05) is 17.6 Å². The van der Waals surface area contributed by atoms with Gasteiger partial charge < -0.3 is 9.72 Å². The van der Waals surface area contributed by atoms with Crippen molar-refractivity contribution >= 4 is 38.4 Å². The van der Waals surface area contributed by atoms with Gasteiger partial charge in [-0.25, -0.2) is 8.42 Å². The Bertz CT molecular complexity index is 1100. The Labute approximate surface area is 162 Å². The van der Waals surface area contributed by atoms with Crippen molar-refractivity contribution in [1.82, 2.24) is 4.98 Å². The zero-order chi connectivity index (χ0) is 20.1. The average molecular weight is 400 g/mol. The minimum atomic E-state index is -3.38. The quantitative estimate of drug-likeness (QED) is 0.447. The van der Waals surface area contributed by atoms with Crippen LogP contribution >= 0.6 is 0 Å². The molecule has 0 saturated carbocycles. The molecule has 3 aromatic rings. The molecule has 0 amide bonds. The summed E-state index contributed by atoms with van der Waals surface area (Å²) in [5, 5.41) is 1.06. The number of aryl methyl sites for hydroxylation is 1. The average Bonchev–Trinajstić information content (AvgIpc) is 3.07. The number of H-pyrrole nitrogens is 1. The molecule has 7 nitrogen and oxygen atoms in total. The molecule has 146 valence electrons. The third-order valence-electron chi connectivity index (χ3n) is 4.15. The summed E-state index contributed by atoms with van der Waals surface area (Å²) in [7, 11) is -3.38. The van der Waals surface area contributed by atoms with Gasteiger partial charge >= 0.3 is 5.97 Å². The molecule has 0 bridgehead atoms. The van der Waals surface area contributed by atoms with Gasteiger partial charge in [0.2, 0.25) is 10.0 Å². The first kappa shape index (κ1) is 19.6. The van der Waals surface area contributed by atoms with Crippen LogP contribution in [0.3, 0.4) is 0 Å². The first-order valence-corrected chi connectivity index (χ1v) is 10.5. The SMILES string of the molecule is CS(=O)(=O)Nc1ccc(C(=O)COC(=O)CCc2c[nH]c3ccccc23)cc1. The minimum absolute atomic E-state index is 0.173. The van der Waals surface area contributed by atoms with Crippen LogP contribution < -0.4 is 4.72 Å². The summed E-state index contributed by atoms with van der Waals surface area (Å²) in [6.07, 6.45) is 3.60. The van der Waals surface area contributed by atoms with Crippen molar-refractivity contribution in [3.05, 3.63) is 65.9 Å². The fourth-order valence-corrected chi connectivity index (χ4v) is 3.38. The van der Waals surface area contributed by atoms with E-state index in [-0.39, 0.29) is 18.8 Å². The fourth-order valence-electron chi connectivity index (χ4n) is 2.81. The number of Topliss-reactive ketones (excluding diaryl/α,β-unsaturated/α-hetero) is 1. The first-order chi connectivity index (χ1) is 13.3. The van der Waals surface area contributed by atoms with Crippen molar-refractivity contribution in [3.8, 4) is 0 Å². The smallest absolute Gasteiger partial charge is 0.306 e. The number of anilines is 1. The molecule has 2 aromatic carbocycles. The van der Waals surface area contributed by atoms with E-state index in [9.17, 15) is 18.0 Å². The highest BCUT2D eigenvalue weighted by Gasteiger charge is 2.12. The standard InChI is InChI=1S/C20H20N2O5S/c1-28(25,26)22-16-9-6-14(7-10-16)19(23)13-27-20(24)11-8-15-12-21-18-5-3-2-4-17(15)18/h2-7,9-10,12,21-22H,8,11,13H2,1H3. The zero-order valence-electron chi connectivity index (χ0n) is 15.3. The lowest BCUT2D eigenvalue weighted by Gasteiger charge is -2.06. The Morgan fingerprint density at radius 2 is 1.79 bits per heavy atom. The molecule has 0 aliphatic heterocycles. The number of carbonyl (C=O) groups excluding carboxylic acids is 2. The molecule has 0 spiro atoms. The molecule has 0 aliphatic rings. The minimum Gasteiger partial charge on any atom is -0.457 e. The third kappa shape index (κ3) is 5.20. The summed E-state index contributed by atoms with van der Waals surface area (Å²) in [5.41, 5.74) is 2.72. The van der Waals surface area contributed by atoms with Crippen molar-refractivity contribution in [2.45, 2.75) is 12.8 Å². The van der Waals surface area contributed by atoms with Crippen LogP contribution in [0.15, 0.2) is 54.7 Å². The van der Waals surface area contributed by atoms with Crippen LogP contribution in [0.1, 0.15) is 22.3 Å². The third-order valence-corrected chi connectivity index (χ3v) is 4.75. The number of benzene rings is 2. The molecule has 0 saturated heterocycles. The maximum Gasteiger partial charge on any atom is 0.306 e. The Balaban J connectivity index is 1.49. The number of hydrogen-bond donors (Lipinski definition) is 2. The van der Waals surface area contributed by atoms with E-state index in [1.807, 2.05) is 30.5 Å². The molecule has 1 heterocycles. The number of hydrogen-bond acceptors (Lipinski definition) is 5. The number of aromatic nitrogens is 1. The molecule has 0 atom stereocenters. The van der Waals surface area contributed by atoms with E-state index in [1.165, 1.54) is 24.3 Å². The van der Waals surface area contributed by atoms with Gasteiger partial charge in [-0.05, 0) is 42.3 Å². The van der Waals surface area contributed by atoms with Gasteiger partial charge in [-0.2, -0.15) is 0 Å². The second-order valence-corrected chi connectivity index (χ2v) is 8.14. The topological polar surface area (TPSA) is 105 Å². The summed E-state index contributed by atoms with van der Waals surface area (Å²) in [5.74, 6) is -0.805. The summed E-state index contributed by atoms with van der Waals surface area (Å²) in [6.45, 7) is -0.356. The largest absolute Gasteiger partial charge is 0.457 e. The van der Waals surface area contributed by atoms with E-state index in [0.717, 1.165) is 22.7 Å². The molecular weight excluding hydrogens is 380 g/mol. The first-order valence-electron chi connectivity index (χ1n) is 8.63. The van der Waals surface area contributed by atoms with Crippen molar-refractivity contribution in [3.63, 3.8) is 0 Å². The van der Waals surface area contributed by atoms with Crippen LogP contribution in [0.4, 0.5) is 5.69 Å². The Kier molecular flexibility index (Phi) is 5.79. The lowest BCUT2D eigenvalue weighted by Crippen LogP contribution is -2.15. The normalized spacial score (nSPS) is 11.3. The lowest BCUT2D eigenvalue weighted by molar-refractivity contribution is -0.142. The summed E-state index contributed by atoms with van der Waals surface area (Å²) in [4.78, 5) is 27.2. The highest BCUT2D eigenvalue weighted by Crippen LogP contribution is 2.19. The number of rotatable bonds is 8. The number of carbonyl (C=O) groups is 2.